The zero-order valence-electron chi connectivity index (χ0n) is 14.3. The van der Waals surface area contributed by atoms with Crippen molar-refractivity contribution < 1.29 is 4.79 Å². The lowest BCUT2D eigenvalue weighted by atomic mass is 10.1. The van der Waals surface area contributed by atoms with Crippen molar-refractivity contribution in [1.29, 1.82) is 0 Å². The molecule has 0 spiro atoms. The van der Waals surface area contributed by atoms with E-state index in [1.54, 1.807) is 12.4 Å². The number of carbonyl (C=O) groups excluding carboxylic acids is 1. The second-order valence-corrected chi connectivity index (χ2v) is 6.72. The summed E-state index contributed by atoms with van der Waals surface area (Å²) in [5, 5.41) is 7.49. The van der Waals surface area contributed by atoms with Crippen LogP contribution in [0.3, 0.4) is 0 Å². The summed E-state index contributed by atoms with van der Waals surface area (Å²) in [6, 6.07) is 11.1. The predicted molar refractivity (Wildman–Crippen MR) is 101 cm³/mol. The van der Waals surface area contributed by atoms with Crippen molar-refractivity contribution in [2.24, 2.45) is 0 Å². The molecule has 2 aromatic heterocycles. The molecule has 0 saturated heterocycles. The molecule has 2 heterocycles. The van der Waals surface area contributed by atoms with E-state index in [-0.39, 0.29) is 11.9 Å². The maximum Gasteiger partial charge on any atom is 0.251 e. The first-order valence-corrected chi connectivity index (χ1v) is 8.79. The van der Waals surface area contributed by atoms with Crippen LogP contribution in [0.5, 0.6) is 0 Å². The number of amides is 1. The zero-order valence-corrected chi connectivity index (χ0v) is 15.9. The Morgan fingerprint density at radius 1 is 1.20 bits per heavy atom. The van der Waals surface area contributed by atoms with Crippen molar-refractivity contribution in [3.8, 4) is 5.69 Å². The van der Waals surface area contributed by atoms with E-state index in [4.69, 9.17) is 0 Å². The summed E-state index contributed by atoms with van der Waals surface area (Å²) in [5.74, 6) is -0.113. The van der Waals surface area contributed by atoms with Crippen molar-refractivity contribution in [3.05, 3.63) is 75.8 Å². The SMILES string of the molecule is Cc1nn(-c2ccc(C(=O)N[C@H](C)c3cccnc3)cc2)c(C)c1Br. The van der Waals surface area contributed by atoms with Gasteiger partial charge in [-0.3, -0.25) is 9.78 Å². The number of benzene rings is 1. The van der Waals surface area contributed by atoms with Gasteiger partial charge in [-0.05, 0) is 72.6 Å². The minimum atomic E-state index is -0.113. The lowest BCUT2D eigenvalue weighted by molar-refractivity contribution is 0.0940. The molecule has 128 valence electrons. The minimum Gasteiger partial charge on any atom is -0.345 e. The van der Waals surface area contributed by atoms with Gasteiger partial charge in [0.2, 0.25) is 0 Å². The molecule has 0 saturated carbocycles. The molecule has 5 nitrogen and oxygen atoms in total. The molecule has 0 unspecified atom stereocenters. The van der Waals surface area contributed by atoms with Crippen LogP contribution in [0.1, 0.15) is 40.3 Å². The van der Waals surface area contributed by atoms with Crippen molar-refractivity contribution in [2.75, 3.05) is 0 Å². The lowest BCUT2D eigenvalue weighted by Crippen LogP contribution is -2.26. The molecule has 0 aliphatic heterocycles. The first-order valence-electron chi connectivity index (χ1n) is 8.00. The molecule has 1 N–H and O–H groups in total. The topological polar surface area (TPSA) is 59.8 Å². The highest BCUT2D eigenvalue weighted by Crippen LogP contribution is 2.23. The second kappa shape index (κ2) is 7.19. The minimum absolute atomic E-state index is 0.104. The second-order valence-electron chi connectivity index (χ2n) is 5.92. The van der Waals surface area contributed by atoms with Crippen LogP contribution >= 0.6 is 15.9 Å². The molecule has 3 aromatic rings. The van der Waals surface area contributed by atoms with Gasteiger partial charge >= 0.3 is 0 Å². The molecule has 0 fully saturated rings. The van der Waals surface area contributed by atoms with Gasteiger partial charge < -0.3 is 5.32 Å². The molecule has 6 heteroatoms. The van der Waals surface area contributed by atoms with Crippen LogP contribution < -0.4 is 5.32 Å². The van der Waals surface area contributed by atoms with Gasteiger partial charge in [-0.25, -0.2) is 4.68 Å². The van der Waals surface area contributed by atoms with Crippen molar-refractivity contribution >= 4 is 21.8 Å². The number of halogens is 1. The third-order valence-corrected chi connectivity index (χ3v) is 5.26. The number of rotatable bonds is 4. The van der Waals surface area contributed by atoms with E-state index in [0.29, 0.717) is 5.56 Å². The van der Waals surface area contributed by atoms with E-state index in [1.807, 2.05) is 61.9 Å². The van der Waals surface area contributed by atoms with Crippen LogP contribution in [0, 0.1) is 13.8 Å². The number of carbonyl (C=O) groups is 1. The monoisotopic (exact) mass is 398 g/mol. The quantitative estimate of drug-likeness (QED) is 0.718. The first kappa shape index (κ1) is 17.4. The van der Waals surface area contributed by atoms with Gasteiger partial charge in [0.1, 0.15) is 0 Å². The third-order valence-electron chi connectivity index (χ3n) is 4.11. The Morgan fingerprint density at radius 3 is 2.48 bits per heavy atom. The molecule has 0 aliphatic rings. The molecular formula is C19H19BrN4O. The largest absolute Gasteiger partial charge is 0.345 e. The zero-order chi connectivity index (χ0) is 18.0. The molecule has 25 heavy (non-hydrogen) atoms. The maximum atomic E-state index is 12.4. The van der Waals surface area contributed by atoms with Gasteiger partial charge in [0.25, 0.3) is 5.91 Å². The van der Waals surface area contributed by atoms with E-state index in [0.717, 1.165) is 27.1 Å². The van der Waals surface area contributed by atoms with E-state index >= 15 is 0 Å². The number of hydrogen-bond donors (Lipinski definition) is 1. The van der Waals surface area contributed by atoms with Gasteiger partial charge in [0.15, 0.2) is 0 Å². The average Bonchev–Trinajstić information content (AvgIpc) is 2.90. The smallest absolute Gasteiger partial charge is 0.251 e. The highest BCUT2D eigenvalue weighted by molar-refractivity contribution is 9.10. The fourth-order valence-electron chi connectivity index (χ4n) is 2.62. The highest BCUT2D eigenvalue weighted by Gasteiger charge is 2.13. The number of aromatic nitrogens is 3. The number of hydrogen-bond acceptors (Lipinski definition) is 3. The van der Waals surface area contributed by atoms with E-state index in [2.05, 4.69) is 31.3 Å². The van der Waals surface area contributed by atoms with Crippen molar-refractivity contribution in [1.82, 2.24) is 20.1 Å². The average molecular weight is 399 g/mol. The summed E-state index contributed by atoms with van der Waals surface area (Å²) < 4.78 is 2.86. The fourth-order valence-corrected chi connectivity index (χ4v) is 2.87. The summed E-state index contributed by atoms with van der Waals surface area (Å²) in [7, 11) is 0. The number of nitrogens with zero attached hydrogens (tertiary/aromatic N) is 3. The molecule has 0 bridgehead atoms. The Morgan fingerprint density at radius 2 is 1.92 bits per heavy atom. The molecule has 1 atom stereocenters. The Bertz CT molecular complexity index is 888. The summed E-state index contributed by atoms with van der Waals surface area (Å²) in [6.07, 6.45) is 3.48. The van der Waals surface area contributed by atoms with Crippen LogP contribution in [0.2, 0.25) is 0 Å². The molecule has 0 aliphatic carbocycles. The first-order chi connectivity index (χ1) is 12.0. The van der Waals surface area contributed by atoms with Crippen molar-refractivity contribution in [3.63, 3.8) is 0 Å². The van der Waals surface area contributed by atoms with Crippen LogP contribution in [0.15, 0.2) is 53.3 Å². The maximum absolute atomic E-state index is 12.4. The van der Waals surface area contributed by atoms with Gasteiger partial charge in [0, 0.05) is 18.0 Å². The standard InChI is InChI=1S/C19H19BrN4O/c1-12(16-5-4-10-21-11-16)22-19(25)15-6-8-17(9-7-15)24-14(3)18(20)13(2)23-24/h4-12H,1-3H3,(H,22,25)/t12-/m1/s1. The molecule has 3 rings (SSSR count). The predicted octanol–water partition coefficient (Wildman–Crippen LogP) is 4.14. The Balaban J connectivity index is 1.76. The van der Waals surface area contributed by atoms with E-state index in [9.17, 15) is 4.79 Å². The Hall–Kier alpha value is -2.47. The number of pyridine rings is 1. The number of aryl methyl sites for hydroxylation is 1. The highest BCUT2D eigenvalue weighted by atomic mass is 79.9. The van der Waals surface area contributed by atoms with Crippen LogP contribution in [0.25, 0.3) is 5.69 Å². The molecular weight excluding hydrogens is 380 g/mol. The molecule has 1 aromatic carbocycles. The summed E-state index contributed by atoms with van der Waals surface area (Å²) in [4.78, 5) is 16.5. The number of nitrogens with one attached hydrogen (secondary N) is 1. The normalized spacial score (nSPS) is 12.0. The van der Waals surface area contributed by atoms with Gasteiger partial charge in [-0.15, -0.1) is 0 Å². The fraction of sp³-hybridized carbons (Fsp3) is 0.211. The lowest BCUT2D eigenvalue weighted by Gasteiger charge is -2.14. The van der Waals surface area contributed by atoms with E-state index < -0.39 is 0 Å². The Kier molecular flexibility index (Phi) is 4.99. The Labute approximate surface area is 155 Å². The van der Waals surface area contributed by atoms with Crippen LogP contribution in [-0.4, -0.2) is 20.7 Å². The molecule has 0 radical (unpaired) electrons. The van der Waals surface area contributed by atoms with Crippen LogP contribution in [-0.2, 0) is 0 Å². The van der Waals surface area contributed by atoms with Gasteiger partial charge in [-0.2, -0.15) is 5.10 Å². The summed E-state index contributed by atoms with van der Waals surface area (Å²) >= 11 is 3.53. The summed E-state index contributed by atoms with van der Waals surface area (Å²) in [5.41, 5.74) is 4.47. The third kappa shape index (κ3) is 3.64. The van der Waals surface area contributed by atoms with Crippen molar-refractivity contribution in [2.45, 2.75) is 26.8 Å². The van der Waals surface area contributed by atoms with E-state index in [1.165, 1.54) is 0 Å². The van der Waals surface area contributed by atoms with Gasteiger partial charge in [0.05, 0.1) is 27.6 Å². The van der Waals surface area contributed by atoms with Crippen LogP contribution in [0.4, 0.5) is 0 Å². The summed E-state index contributed by atoms with van der Waals surface area (Å²) in [6.45, 7) is 5.90. The van der Waals surface area contributed by atoms with Gasteiger partial charge in [-0.1, -0.05) is 6.07 Å². The molecule has 1 amide bonds.